The van der Waals surface area contributed by atoms with Crippen LogP contribution in [0.5, 0.6) is 0 Å². The lowest BCUT2D eigenvalue weighted by Crippen LogP contribution is -2.46. The molecule has 7 heteroatoms. The van der Waals surface area contributed by atoms with E-state index in [4.69, 9.17) is 0 Å². The molecule has 112 valence electrons. The van der Waals surface area contributed by atoms with Crippen LogP contribution < -0.4 is 16.0 Å². The molecule has 0 saturated carbocycles. The number of nitrogens with zero attached hydrogens (tertiary/aromatic N) is 1. The van der Waals surface area contributed by atoms with Gasteiger partial charge >= 0.3 is 11.8 Å². The molecule has 0 radical (unpaired) electrons. The molecule has 0 aliphatic carbocycles. The molecule has 3 amide bonds. The molecule has 0 bridgehead atoms. The monoisotopic (exact) mass is 290 g/mol. The molecule has 1 fully saturated rings. The molecule has 21 heavy (non-hydrogen) atoms. The summed E-state index contributed by atoms with van der Waals surface area (Å²) in [6, 6.07) is 5.28. The van der Waals surface area contributed by atoms with Gasteiger partial charge in [-0.1, -0.05) is 6.07 Å². The molecule has 1 saturated heterocycles. The largest absolute Gasteiger partial charge is 0.342 e. The summed E-state index contributed by atoms with van der Waals surface area (Å²) in [6.45, 7) is 1.64. The van der Waals surface area contributed by atoms with Crippen LogP contribution in [0.4, 0.5) is 0 Å². The molecule has 3 N–H and O–H groups in total. The van der Waals surface area contributed by atoms with Crippen LogP contribution in [0.15, 0.2) is 24.4 Å². The van der Waals surface area contributed by atoms with Crippen LogP contribution in [0.2, 0.25) is 0 Å². The number of pyridine rings is 1. The highest BCUT2D eigenvalue weighted by Gasteiger charge is 2.24. The summed E-state index contributed by atoms with van der Waals surface area (Å²) in [5.74, 6) is -2.34. The Bertz CT molecular complexity index is 512. The molecule has 2 rings (SSSR count). The number of carbonyl (C=O) groups is 3. The minimum atomic E-state index is -0.922. The number of imide groups is 1. The number of hydrogen-bond donors (Lipinski definition) is 3. The van der Waals surface area contributed by atoms with Crippen molar-refractivity contribution in [3.05, 3.63) is 30.1 Å². The molecule has 1 aromatic heterocycles. The van der Waals surface area contributed by atoms with Crippen LogP contribution in [0.3, 0.4) is 0 Å². The van der Waals surface area contributed by atoms with Crippen LogP contribution in [-0.2, 0) is 20.9 Å². The van der Waals surface area contributed by atoms with Gasteiger partial charge in [0.05, 0.1) is 12.2 Å². The SMILES string of the molecule is O=C(NCc1ccccn1)C(=O)NC(=O)C1CCNCC1. The van der Waals surface area contributed by atoms with Crippen molar-refractivity contribution in [1.82, 2.24) is 20.9 Å². The van der Waals surface area contributed by atoms with Gasteiger partial charge in [0.15, 0.2) is 0 Å². The number of aromatic nitrogens is 1. The lowest BCUT2D eigenvalue weighted by molar-refractivity contribution is -0.143. The zero-order chi connectivity index (χ0) is 15.1. The highest BCUT2D eigenvalue weighted by Crippen LogP contribution is 2.11. The zero-order valence-corrected chi connectivity index (χ0v) is 11.6. The van der Waals surface area contributed by atoms with E-state index in [1.165, 1.54) is 0 Å². The first-order valence-electron chi connectivity index (χ1n) is 6.90. The van der Waals surface area contributed by atoms with Crippen LogP contribution in [0.1, 0.15) is 18.5 Å². The molecule has 0 spiro atoms. The van der Waals surface area contributed by atoms with Gasteiger partial charge < -0.3 is 10.6 Å². The summed E-state index contributed by atoms with van der Waals surface area (Å²) < 4.78 is 0. The average Bonchev–Trinajstić information content (AvgIpc) is 2.54. The Hall–Kier alpha value is -2.28. The summed E-state index contributed by atoms with van der Waals surface area (Å²) in [5, 5.41) is 7.71. The highest BCUT2D eigenvalue weighted by atomic mass is 16.2. The lowest BCUT2D eigenvalue weighted by atomic mass is 9.97. The number of piperidine rings is 1. The zero-order valence-electron chi connectivity index (χ0n) is 11.6. The maximum absolute atomic E-state index is 11.8. The number of rotatable bonds is 3. The minimum absolute atomic E-state index is 0.147. The van der Waals surface area contributed by atoms with Crippen LogP contribution in [-0.4, -0.2) is 35.8 Å². The summed E-state index contributed by atoms with van der Waals surface area (Å²) in [4.78, 5) is 39.1. The van der Waals surface area contributed by atoms with E-state index >= 15 is 0 Å². The Kier molecular flexibility index (Phi) is 5.39. The smallest absolute Gasteiger partial charge is 0.315 e. The lowest BCUT2D eigenvalue weighted by Gasteiger charge is -2.21. The van der Waals surface area contributed by atoms with Crippen molar-refractivity contribution in [3.8, 4) is 0 Å². The molecule has 0 atom stereocenters. The molecule has 1 aliphatic rings. The van der Waals surface area contributed by atoms with Crippen LogP contribution in [0.25, 0.3) is 0 Å². The van der Waals surface area contributed by atoms with Crippen molar-refractivity contribution < 1.29 is 14.4 Å². The van der Waals surface area contributed by atoms with E-state index in [0.29, 0.717) is 18.5 Å². The second-order valence-electron chi connectivity index (χ2n) is 4.85. The van der Waals surface area contributed by atoms with Crippen molar-refractivity contribution >= 4 is 17.7 Å². The number of carbonyl (C=O) groups excluding carboxylic acids is 3. The predicted octanol–water partition coefficient (Wildman–Crippen LogP) is -0.660. The normalized spacial score (nSPS) is 15.2. The molecular formula is C14H18N4O3. The third-order valence-corrected chi connectivity index (χ3v) is 3.31. The first kappa shape index (κ1) is 15.1. The fourth-order valence-electron chi connectivity index (χ4n) is 2.11. The van der Waals surface area contributed by atoms with Crippen molar-refractivity contribution in [2.75, 3.05) is 13.1 Å². The van der Waals surface area contributed by atoms with E-state index in [1.807, 2.05) is 0 Å². The van der Waals surface area contributed by atoms with Gasteiger partial charge in [0.1, 0.15) is 0 Å². The number of amides is 3. The van der Waals surface area contributed by atoms with Crippen molar-refractivity contribution in [1.29, 1.82) is 0 Å². The number of hydrogen-bond acceptors (Lipinski definition) is 5. The molecule has 2 heterocycles. The average molecular weight is 290 g/mol. The Morgan fingerprint density at radius 2 is 1.95 bits per heavy atom. The second-order valence-corrected chi connectivity index (χ2v) is 4.85. The van der Waals surface area contributed by atoms with E-state index < -0.39 is 11.8 Å². The topological polar surface area (TPSA) is 100 Å². The Morgan fingerprint density at radius 1 is 1.19 bits per heavy atom. The summed E-state index contributed by atoms with van der Waals surface area (Å²) >= 11 is 0. The Morgan fingerprint density at radius 3 is 2.62 bits per heavy atom. The van der Waals surface area contributed by atoms with Gasteiger partial charge in [-0.3, -0.25) is 24.7 Å². The molecular weight excluding hydrogens is 272 g/mol. The van der Waals surface area contributed by atoms with Crippen LogP contribution >= 0.6 is 0 Å². The van der Waals surface area contributed by atoms with E-state index in [-0.39, 0.29) is 18.4 Å². The second kappa shape index (κ2) is 7.49. The molecule has 1 aromatic rings. The van der Waals surface area contributed by atoms with Gasteiger partial charge in [0.25, 0.3) is 0 Å². The fraction of sp³-hybridized carbons (Fsp3) is 0.429. The maximum Gasteiger partial charge on any atom is 0.315 e. The Labute approximate surface area is 122 Å². The van der Waals surface area contributed by atoms with Gasteiger partial charge in [-0.25, -0.2) is 0 Å². The van der Waals surface area contributed by atoms with Gasteiger partial charge in [0, 0.05) is 12.1 Å². The molecule has 7 nitrogen and oxygen atoms in total. The van der Waals surface area contributed by atoms with Crippen LogP contribution in [0, 0.1) is 5.92 Å². The van der Waals surface area contributed by atoms with Gasteiger partial charge in [-0.2, -0.15) is 0 Å². The van der Waals surface area contributed by atoms with Gasteiger partial charge in [-0.05, 0) is 38.1 Å². The van der Waals surface area contributed by atoms with E-state index in [2.05, 4.69) is 20.9 Å². The van der Waals surface area contributed by atoms with Crippen molar-refractivity contribution in [2.45, 2.75) is 19.4 Å². The van der Waals surface area contributed by atoms with Gasteiger partial charge in [-0.15, -0.1) is 0 Å². The van der Waals surface area contributed by atoms with E-state index in [9.17, 15) is 14.4 Å². The summed E-state index contributed by atoms with van der Waals surface area (Å²) in [7, 11) is 0. The third-order valence-electron chi connectivity index (χ3n) is 3.31. The first-order valence-corrected chi connectivity index (χ1v) is 6.90. The van der Waals surface area contributed by atoms with Crippen molar-refractivity contribution in [3.63, 3.8) is 0 Å². The van der Waals surface area contributed by atoms with E-state index in [0.717, 1.165) is 13.1 Å². The minimum Gasteiger partial charge on any atom is -0.342 e. The summed E-state index contributed by atoms with van der Waals surface area (Å²) in [5.41, 5.74) is 0.642. The van der Waals surface area contributed by atoms with Gasteiger partial charge in [0.2, 0.25) is 5.91 Å². The molecule has 0 aromatic carbocycles. The number of nitrogens with one attached hydrogen (secondary N) is 3. The summed E-state index contributed by atoms with van der Waals surface area (Å²) in [6.07, 6.45) is 2.95. The highest BCUT2D eigenvalue weighted by molar-refractivity contribution is 6.37. The standard InChI is InChI=1S/C14H18N4O3/c19-12(10-4-7-15-8-5-10)18-14(21)13(20)17-9-11-3-1-2-6-16-11/h1-3,6,10,15H,4-5,7-9H2,(H,17,20)(H,18,19,21). The quantitative estimate of drug-likeness (QED) is 0.642. The molecule has 1 aliphatic heterocycles. The fourth-order valence-corrected chi connectivity index (χ4v) is 2.11. The Balaban J connectivity index is 1.76. The van der Waals surface area contributed by atoms with E-state index in [1.54, 1.807) is 24.4 Å². The predicted molar refractivity (Wildman–Crippen MR) is 74.8 cm³/mol. The molecule has 0 unspecified atom stereocenters. The third kappa shape index (κ3) is 4.64. The first-order chi connectivity index (χ1) is 10.2. The van der Waals surface area contributed by atoms with Crippen molar-refractivity contribution in [2.24, 2.45) is 5.92 Å². The maximum atomic E-state index is 11.8.